The molecule has 4 nitrogen and oxygen atoms in total. The van der Waals surface area contributed by atoms with E-state index in [1.165, 1.54) is 24.3 Å². The summed E-state index contributed by atoms with van der Waals surface area (Å²) in [5.74, 6) is -2.43. The molecule has 27 heavy (non-hydrogen) atoms. The predicted molar refractivity (Wildman–Crippen MR) is 95.1 cm³/mol. The number of carboxylic acids is 1. The van der Waals surface area contributed by atoms with E-state index in [1.54, 1.807) is 23.1 Å². The molecule has 2 aliphatic rings. The van der Waals surface area contributed by atoms with Crippen LogP contribution in [0.5, 0.6) is 0 Å². The first kappa shape index (κ1) is 17.6. The van der Waals surface area contributed by atoms with E-state index in [2.05, 4.69) is 0 Å². The van der Waals surface area contributed by atoms with Crippen LogP contribution in [-0.2, 0) is 4.79 Å². The van der Waals surface area contributed by atoms with Crippen LogP contribution in [0.15, 0.2) is 42.5 Å². The van der Waals surface area contributed by atoms with Crippen LogP contribution in [0, 0.1) is 23.0 Å². The molecule has 1 aliphatic carbocycles. The molecule has 1 saturated heterocycles. The highest BCUT2D eigenvalue weighted by Gasteiger charge is 2.59. The van der Waals surface area contributed by atoms with E-state index in [0.717, 1.165) is 0 Å². The van der Waals surface area contributed by atoms with Gasteiger partial charge in [0.25, 0.3) is 5.91 Å². The van der Waals surface area contributed by atoms with E-state index in [-0.39, 0.29) is 28.6 Å². The van der Waals surface area contributed by atoms with E-state index in [9.17, 15) is 18.4 Å². The molecule has 6 heteroatoms. The maximum Gasteiger partial charge on any atom is 0.307 e. The number of carboxylic acid groups (broad SMARTS) is 1. The normalized spacial score (nSPS) is 20.5. The molecule has 1 amide bonds. The molecule has 0 bridgehead atoms. The van der Waals surface area contributed by atoms with Gasteiger partial charge in [0.05, 0.1) is 11.5 Å². The Balaban J connectivity index is 1.47. The average molecular weight is 371 g/mol. The monoisotopic (exact) mass is 371 g/mol. The van der Waals surface area contributed by atoms with Crippen LogP contribution < -0.4 is 0 Å². The van der Waals surface area contributed by atoms with Crippen molar-refractivity contribution in [3.8, 4) is 11.1 Å². The molecule has 4 rings (SSSR count). The molecular formula is C21H19F2NO3. The number of aliphatic carboxylic acids is 1. The molecule has 1 aliphatic heterocycles. The minimum atomic E-state index is -0.766. The first-order chi connectivity index (χ1) is 12.9. The zero-order chi connectivity index (χ0) is 19.2. The van der Waals surface area contributed by atoms with Gasteiger partial charge in [-0.25, -0.2) is 8.78 Å². The highest BCUT2D eigenvalue weighted by atomic mass is 19.1. The first-order valence-electron chi connectivity index (χ1n) is 8.97. The van der Waals surface area contributed by atoms with Crippen molar-refractivity contribution in [3.05, 3.63) is 59.7 Å². The minimum absolute atomic E-state index is 0.00222. The third-order valence-corrected chi connectivity index (χ3v) is 5.91. The zero-order valence-electron chi connectivity index (χ0n) is 14.6. The molecule has 2 fully saturated rings. The molecule has 140 valence electrons. The fourth-order valence-corrected chi connectivity index (χ4v) is 4.09. The Morgan fingerprint density at radius 1 is 1.00 bits per heavy atom. The van der Waals surface area contributed by atoms with E-state index in [1.807, 2.05) is 0 Å². The number of likely N-dealkylation sites (tertiary alicyclic amines) is 1. The number of carbonyl (C=O) groups is 2. The van der Waals surface area contributed by atoms with Gasteiger partial charge in [-0.2, -0.15) is 0 Å². The lowest BCUT2D eigenvalue weighted by atomic mass is 9.90. The Hall–Kier alpha value is -2.76. The maximum atomic E-state index is 14.6. The molecular weight excluding hydrogens is 352 g/mol. The Morgan fingerprint density at radius 2 is 1.63 bits per heavy atom. The summed E-state index contributed by atoms with van der Waals surface area (Å²) in [5, 5.41) is 9.14. The lowest BCUT2D eigenvalue weighted by Crippen LogP contribution is -2.40. The summed E-state index contributed by atoms with van der Waals surface area (Å²) in [7, 11) is 0. The topological polar surface area (TPSA) is 57.6 Å². The number of halogens is 2. The quantitative estimate of drug-likeness (QED) is 0.889. The number of piperidine rings is 1. The summed E-state index contributed by atoms with van der Waals surface area (Å²) < 4.78 is 27.6. The van der Waals surface area contributed by atoms with Gasteiger partial charge < -0.3 is 10.0 Å². The van der Waals surface area contributed by atoms with E-state index in [0.29, 0.717) is 43.5 Å². The number of amides is 1. The van der Waals surface area contributed by atoms with Crippen molar-refractivity contribution in [1.82, 2.24) is 4.90 Å². The summed E-state index contributed by atoms with van der Waals surface area (Å²) in [6.45, 7) is 0.892. The van der Waals surface area contributed by atoms with Gasteiger partial charge in [-0.05, 0) is 60.1 Å². The second kappa shape index (κ2) is 6.44. The largest absolute Gasteiger partial charge is 0.481 e. The lowest BCUT2D eigenvalue weighted by Gasteiger charge is -2.32. The number of nitrogens with zero attached hydrogens (tertiary/aromatic N) is 1. The second-order valence-electron chi connectivity index (χ2n) is 7.45. The van der Waals surface area contributed by atoms with Crippen molar-refractivity contribution >= 4 is 11.9 Å². The molecule has 1 N–H and O–H groups in total. The third kappa shape index (κ3) is 3.20. The van der Waals surface area contributed by atoms with Crippen LogP contribution >= 0.6 is 0 Å². The highest BCUT2D eigenvalue weighted by molar-refractivity contribution is 5.95. The van der Waals surface area contributed by atoms with E-state index < -0.39 is 11.8 Å². The Bertz CT molecular complexity index is 902. The molecule has 1 spiro atoms. The number of benzene rings is 2. The molecule has 0 aromatic heterocycles. The van der Waals surface area contributed by atoms with Crippen molar-refractivity contribution in [3.63, 3.8) is 0 Å². The van der Waals surface area contributed by atoms with Crippen LogP contribution in [-0.4, -0.2) is 35.0 Å². The van der Waals surface area contributed by atoms with Gasteiger partial charge >= 0.3 is 5.97 Å². The molecule has 1 atom stereocenters. The first-order valence-corrected chi connectivity index (χ1v) is 8.97. The Morgan fingerprint density at radius 3 is 2.19 bits per heavy atom. The van der Waals surface area contributed by atoms with E-state index in [4.69, 9.17) is 5.11 Å². The van der Waals surface area contributed by atoms with Crippen molar-refractivity contribution in [1.29, 1.82) is 0 Å². The average Bonchev–Trinajstić information content (AvgIpc) is 3.36. The fourth-order valence-electron chi connectivity index (χ4n) is 4.09. The summed E-state index contributed by atoms with van der Waals surface area (Å²) in [6, 6.07) is 10.1. The van der Waals surface area contributed by atoms with Crippen LogP contribution in [0.4, 0.5) is 8.78 Å². The number of hydrogen-bond acceptors (Lipinski definition) is 2. The number of hydrogen-bond donors (Lipinski definition) is 1. The Labute approximate surface area is 155 Å². The molecule has 2 aromatic rings. The van der Waals surface area contributed by atoms with Gasteiger partial charge in [-0.1, -0.05) is 18.2 Å². The van der Waals surface area contributed by atoms with Crippen molar-refractivity contribution < 1.29 is 23.5 Å². The molecule has 1 unspecified atom stereocenters. The van der Waals surface area contributed by atoms with Gasteiger partial charge in [-0.3, -0.25) is 9.59 Å². The number of rotatable bonds is 3. The second-order valence-corrected chi connectivity index (χ2v) is 7.45. The van der Waals surface area contributed by atoms with Crippen LogP contribution in [0.3, 0.4) is 0 Å². The SMILES string of the molecule is O=C(O)C1CC12CCN(C(=O)c1ccc(-c3ccc(F)cc3)cc1F)CC2. The maximum absolute atomic E-state index is 14.6. The van der Waals surface area contributed by atoms with Crippen molar-refractivity contribution in [2.45, 2.75) is 19.3 Å². The summed E-state index contributed by atoms with van der Waals surface area (Å²) in [5.41, 5.74) is 1.07. The van der Waals surface area contributed by atoms with Gasteiger partial charge in [0.1, 0.15) is 11.6 Å². The standard InChI is InChI=1S/C21H19F2NO3/c22-15-4-1-13(2-5-15)14-3-6-16(18(23)11-14)19(25)24-9-7-21(8-10-24)12-17(21)20(26)27/h1-6,11,17H,7-10,12H2,(H,26,27). The minimum Gasteiger partial charge on any atom is -0.481 e. The summed E-state index contributed by atoms with van der Waals surface area (Å²) in [4.78, 5) is 25.4. The summed E-state index contributed by atoms with van der Waals surface area (Å²) in [6.07, 6.45) is 1.96. The molecule has 1 saturated carbocycles. The van der Waals surface area contributed by atoms with Crippen LogP contribution in [0.25, 0.3) is 11.1 Å². The van der Waals surface area contributed by atoms with Gasteiger partial charge in [0.15, 0.2) is 0 Å². The van der Waals surface area contributed by atoms with Crippen molar-refractivity contribution in [2.24, 2.45) is 11.3 Å². The van der Waals surface area contributed by atoms with Crippen molar-refractivity contribution in [2.75, 3.05) is 13.1 Å². The van der Waals surface area contributed by atoms with Crippen LogP contribution in [0.1, 0.15) is 29.6 Å². The molecule has 2 aromatic carbocycles. The van der Waals surface area contributed by atoms with Crippen LogP contribution in [0.2, 0.25) is 0 Å². The van der Waals surface area contributed by atoms with Gasteiger partial charge in [-0.15, -0.1) is 0 Å². The zero-order valence-corrected chi connectivity index (χ0v) is 14.6. The smallest absolute Gasteiger partial charge is 0.307 e. The third-order valence-electron chi connectivity index (χ3n) is 5.91. The van der Waals surface area contributed by atoms with E-state index >= 15 is 0 Å². The Kier molecular flexibility index (Phi) is 4.21. The van der Waals surface area contributed by atoms with Gasteiger partial charge in [0, 0.05) is 13.1 Å². The fraction of sp³-hybridized carbons (Fsp3) is 0.333. The number of carbonyl (C=O) groups excluding carboxylic acids is 1. The summed E-state index contributed by atoms with van der Waals surface area (Å²) >= 11 is 0. The molecule has 0 radical (unpaired) electrons. The van der Waals surface area contributed by atoms with Gasteiger partial charge in [0.2, 0.25) is 0 Å². The lowest BCUT2D eigenvalue weighted by molar-refractivity contribution is -0.139. The highest BCUT2D eigenvalue weighted by Crippen LogP contribution is 2.59. The predicted octanol–water partition coefficient (Wildman–Crippen LogP) is 3.96. The molecule has 1 heterocycles.